The molecule has 0 radical (unpaired) electrons. The summed E-state index contributed by atoms with van der Waals surface area (Å²) in [4.78, 5) is 2.42. The summed E-state index contributed by atoms with van der Waals surface area (Å²) in [7, 11) is 0. The first-order valence-electron chi connectivity index (χ1n) is 4.97. The van der Waals surface area contributed by atoms with Gasteiger partial charge >= 0.3 is 0 Å². The Morgan fingerprint density at radius 3 is 2.85 bits per heavy atom. The van der Waals surface area contributed by atoms with Gasteiger partial charge in [-0.25, -0.2) is 0 Å². The van der Waals surface area contributed by atoms with Crippen molar-refractivity contribution in [1.82, 2.24) is 10.3 Å². The van der Waals surface area contributed by atoms with Gasteiger partial charge in [0.1, 0.15) is 0 Å². The summed E-state index contributed by atoms with van der Waals surface area (Å²) >= 11 is 0. The van der Waals surface area contributed by atoms with Crippen molar-refractivity contribution in [3.05, 3.63) is 0 Å². The number of hydrogen-bond donors (Lipinski definition) is 1. The lowest BCUT2D eigenvalue weighted by atomic mass is 10.1. The molecule has 2 aliphatic rings. The predicted molar refractivity (Wildman–Crippen MR) is 51.7 cm³/mol. The van der Waals surface area contributed by atoms with Crippen LogP contribution < -0.4 is 5.43 Å². The van der Waals surface area contributed by atoms with Crippen LogP contribution in [0, 0.1) is 0 Å². The van der Waals surface area contributed by atoms with E-state index in [9.17, 15) is 0 Å². The molecule has 0 bridgehead atoms. The van der Waals surface area contributed by atoms with Crippen molar-refractivity contribution in [1.29, 1.82) is 0 Å². The molecule has 2 rings (SSSR count). The van der Waals surface area contributed by atoms with E-state index in [-0.39, 0.29) is 0 Å². The Morgan fingerprint density at radius 2 is 2.23 bits per heavy atom. The van der Waals surface area contributed by atoms with Gasteiger partial charge in [0.25, 0.3) is 0 Å². The zero-order chi connectivity index (χ0) is 9.10. The first-order valence-corrected chi connectivity index (χ1v) is 4.97. The number of hydrogen-bond acceptors (Lipinski definition) is 4. The molecule has 4 heteroatoms. The average molecular weight is 183 g/mol. The maximum atomic E-state index is 5.31. The Balaban J connectivity index is 1.86. The molecule has 1 fully saturated rings. The first kappa shape index (κ1) is 8.97. The third kappa shape index (κ3) is 2.19. The van der Waals surface area contributed by atoms with E-state index < -0.39 is 0 Å². The highest BCUT2D eigenvalue weighted by Crippen LogP contribution is 2.11. The van der Waals surface area contributed by atoms with E-state index in [1.165, 1.54) is 12.1 Å². The van der Waals surface area contributed by atoms with Gasteiger partial charge in [-0.1, -0.05) is 0 Å². The lowest BCUT2D eigenvalue weighted by Crippen LogP contribution is -2.50. The smallest absolute Gasteiger partial charge is 0.0963 e. The van der Waals surface area contributed by atoms with Gasteiger partial charge in [-0.2, -0.15) is 5.10 Å². The van der Waals surface area contributed by atoms with Crippen molar-refractivity contribution in [3.63, 3.8) is 0 Å². The summed E-state index contributed by atoms with van der Waals surface area (Å²) in [5.74, 6) is 0. The third-order valence-corrected chi connectivity index (χ3v) is 2.67. The first-order chi connectivity index (χ1) is 6.36. The summed E-state index contributed by atoms with van der Waals surface area (Å²) in [6.45, 7) is 5.86. The number of nitrogens with zero attached hydrogens (tertiary/aromatic N) is 2. The van der Waals surface area contributed by atoms with Gasteiger partial charge in [0.2, 0.25) is 0 Å². The molecular weight excluding hydrogens is 166 g/mol. The van der Waals surface area contributed by atoms with Crippen LogP contribution in [0.1, 0.15) is 19.8 Å². The van der Waals surface area contributed by atoms with Gasteiger partial charge in [-0.05, 0) is 19.8 Å². The fourth-order valence-electron chi connectivity index (χ4n) is 1.80. The van der Waals surface area contributed by atoms with Gasteiger partial charge in [0.05, 0.1) is 19.4 Å². The highest BCUT2D eigenvalue weighted by molar-refractivity contribution is 5.82. The van der Waals surface area contributed by atoms with Gasteiger partial charge in [-0.3, -0.25) is 10.3 Å². The van der Waals surface area contributed by atoms with Gasteiger partial charge in [-0.15, -0.1) is 0 Å². The highest BCUT2D eigenvalue weighted by Gasteiger charge is 2.22. The molecule has 4 nitrogen and oxygen atoms in total. The SMILES string of the molecule is CC1=NNC(N2CCOCC2)CC1. The van der Waals surface area contributed by atoms with E-state index >= 15 is 0 Å². The Hall–Kier alpha value is -0.610. The summed E-state index contributed by atoms with van der Waals surface area (Å²) in [5.41, 5.74) is 4.41. The second-order valence-electron chi connectivity index (χ2n) is 3.68. The van der Waals surface area contributed by atoms with E-state index in [1.807, 2.05) is 0 Å². The van der Waals surface area contributed by atoms with E-state index in [4.69, 9.17) is 4.74 Å². The van der Waals surface area contributed by atoms with Gasteiger partial charge in [0, 0.05) is 18.8 Å². The van der Waals surface area contributed by atoms with Crippen LogP contribution in [-0.2, 0) is 4.74 Å². The molecule has 74 valence electrons. The molecule has 0 aromatic carbocycles. The van der Waals surface area contributed by atoms with Crippen LogP contribution in [0.15, 0.2) is 5.10 Å². The Kier molecular flexibility index (Phi) is 2.80. The molecule has 1 saturated heterocycles. The zero-order valence-electron chi connectivity index (χ0n) is 8.12. The van der Waals surface area contributed by atoms with E-state index in [0.29, 0.717) is 6.17 Å². The summed E-state index contributed by atoms with van der Waals surface area (Å²) < 4.78 is 5.31. The van der Waals surface area contributed by atoms with Crippen LogP contribution >= 0.6 is 0 Å². The van der Waals surface area contributed by atoms with Gasteiger partial charge < -0.3 is 4.74 Å². The van der Waals surface area contributed by atoms with Crippen LogP contribution in [0.3, 0.4) is 0 Å². The van der Waals surface area contributed by atoms with E-state index in [2.05, 4.69) is 22.4 Å². The molecule has 1 N–H and O–H groups in total. The maximum Gasteiger partial charge on any atom is 0.0963 e. The highest BCUT2D eigenvalue weighted by atomic mass is 16.5. The van der Waals surface area contributed by atoms with Crippen molar-refractivity contribution >= 4 is 5.71 Å². The monoisotopic (exact) mass is 183 g/mol. The summed E-state index contributed by atoms with van der Waals surface area (Å²) in [5, 5.41) is 4.27. The molecule has 1 atom stereocenters. The normalized spacial score (nSPS) is 30.8. The van der Waals surface area contributed by atoms with E-state index in [1.54, 1.807) is 0 Å². The summed E-state index contributed by atoms with van der Waals surface area (Å²) in [6, 6.07) is 0. The van der Waals surface area contributed by atoms with Crippen LogP contribution in [0.5, 0.6) is 0 Å². The number of morpholine rings is 1. The molecule has 0 aromatic rings. The van der Waals surface area contributed by atoms with Crippen molar-refractivity contribution in [2.75, 3.05) is 26.3 Å². The van der Waals surface area contributed by atoms with Crippen molar-refractivity contribution < 1.29 is 4.74 Å². The molecule has 0 spiro atoms. The Bertz CT molecular complexity index is 199. The Labute approximate surface area is 78.9 Å². The maximum absolute atomic E-state index is 5.31. The van der Waals surface area contributed by atoms with Crippen molar-refractivity contribution in [2.45, 2.75) is 25.9 Å². The number of hydrazone groups is 1. The minimum Gasteiger partial charge on any atom is -0.379 e. The summed E-state index contributed by atoms with van der Waals surface area (Å²) in [6.07, 6.45) is 2.73. The molecule has 13 heavy (non-hydrogen) atoms. The zero-order valence-corrected chi connectivity index (χ0v) is 8.12. The van der Waals surface area contributed by atoms with Crippen molar-refractivity contribution in [3.8, 4) is 0 Å². The standard InChI is InChI=1S/C9H17N3O/c1-8-2-3-9(11-10-8)12-4-6-13-7-5-12/h9,11H,2-7H2,1H3. The van der Waals surface area contributed by atoms with Crippen LogP contribution in [0.25, 0.3) is 0 Å². The fourth-order valence-corrected chi connectivity index (χ4v) is 1.80. The minimum absolute atomic E-state index is 0.438. The fraction of sp³-hybridized carbons (Fsp3) is 0.889. The van der Waals surface area contributed by atoms with E-state index in [0.717, 1.165) is 32.7 Å². The number of rotatable bonds is 1. The average Bonchev–Trinajstić information content (AvgIpc) is 2.20. The van der Waals surface area contributed by atoms with Crippen molar-refractivity contribution in [2.24, 2.45) is 5.10 Å². The quantitative estimate of drug-likeness (QED) is 0.639. The second-order valence-corrected chi connectivity index (χ2v) is 3.68. The topological polar surface area (TPSA) is 36.9 Å². The number of nitrogens with one attached hydrogen (secondary N) is 1. The van der Waals surface area contributed by atoms with Gasteiger partial charge in [0.15, 0.2) is 0 Å². The van der Waals surface area contributed by atoms with Crippen LogP contribution in [-0.4, -0.2) is 43.1 Å². The van der Waals surface area contributed by atoms with Crippen LogP contribution in [0.4, 0.5) is 0 Å². The second kappa shape index (κ2) is 4.07. The Morgan fingerprint density at radius 1 is 1.46 bits per heavy atom. The predicted octanol–water partition coefficient (Wildman–Crippen LogP) is 0.404. The number of ether oxygens (including phenoxy) is 1. The molecule has 2 aliphatic heterocycles. The molecule has 0 aromatic heterocycles. The van der Waals surface area contributed by atoms with Crippen LogP contribution in [0.2, 0.25) is 0 Å². The largest absolute Gasteiger partial charge is 0.379 e. The lowest BCUT2D eigenvalue weighted by molar-refractivity contribution is 0.00628. The molecule has 0 saturated carbocycles. The third-order valence-electron chi connectivity index (χ3n) is 2.67. The molecule has 1 unspecified atom stereocenters. The minimum atomic E-state index is 0.438. The molecule has 2 heterocycles. The molecule has 0 aliphatic carbocycles. The molecular formula is C9H17N3O. The molecule has 0 amide bonds. The lowest BCUT2D eigenvalue weighted by Gasteiger charge is -2.35.